The molecular weight excluding hydrogens is 336 g/mol. The molecule has 0 saturated heterocycles. The van der Waals surface area contributed by atoms with Crippen molar-refractivity contribution in [1.29, 1.82) is 0 Å². The van der Waals surface area contributed by atoms with Gasteiger partial charge in [-0.2, -0.15) is 0 Å². The van der Waals surface area contributed by atoms with Crippen molar-refractivity contribution in [1.82, 2.24) is 5.32 Å². The van der Waals surface area contributed by atoms with Gasteiger partial charge in [0.2, 0.25) is 0 Å². The fourth-order valence-corrected chi connectivity index (χ4v) is 2.55. The molecule has 2 rings (SSSR count). The third kappa shape index (κ3) is 5.41. The molecule has 2 aromatic rings. The summed E-state index contributed by atoms with van der Waals surface area (Å²) in [4.78, 5) is 34.5. The third-order valence-electron chi connectivity index (χ3n) is 3.91. The highest BCUT2D eigenvalue weighted by Gasteiger charge is 2.22. The van der Waals surface area contributed by atoms with Gasteiger partial charge in [0, 0.05) is 17.7 Å². The number of hydrogen-bond donors (Lipinski definition) is 1. The van der Waals surface area contributed by atoms with Gasteiger partial charge in [0.25, 0.3) is 11.6 Å². The number of carbonyl (C=O) groups is 2. The molecule has 26 heavy (non-hydrogen) atoms. The van der Waals surface area contributed by atoms with Crippen molar-refractivity contribution in [3.05, 3.63) is 75.8 Å². The third-order valence-corrected chi connectivity index (χ3v) is 3.91. The van der Waals surface area contributed by atoms with Gasteiger partial charge in [-0.05, 0) is 30.9 Å². The molecule has 0 bridgehead atoms. The van der Waals surface area contributed by atoms with Gasteiger partial charge in [-0.3, -0.25) is 14.9 Å². The molecule has 0 unspecified atom stereocenters. The van der Waals surface area contributed by atoms with Crippen LogP contribution in [0.15, 0.2) is 54.6 Å². The van der Waals surface area contributed by atoms with Crippen LogP contribution in [0.25, 0.3) is 0 Å². The number of esters is 1. The number of methoxy groups -OCH3 is 1. The number of nitro benzene ring substituents is 1. The number of ether oxygens (including phenoxy) is 1. The first-order valence-corrected chi connectivity index (χ1v) is 8.18. The van der Waals surface area contributed by atoms with Gasteiger partial charge in [-0.25, -0.2) is 4.79 Å². The highest BCUT2D eigenvalue weighted by molar-refractivity contribution is 5.97. The van der Waals surface area contributed by atoms with Gasteiger partial charge in [-0.1, -0.05) is 36.4 Å². The molecule has 2 aromatic carbocycles. The van der Waals surface area contributed by atoms with Crippen molar-refractivity contribution < 1.29 is 19.2 Å². The molecule has 0 aliphatic carbocycles. The minimum Gasteiger partial charge on any atom is -0.467 e. The average molecular weight is 356 g/mol. The van der Waals surface area contributed by atoms with Crippen LogP contribution in [0.4, 0.5) is 5.69 Å². The number of benzene rings is 2. The van der Waals surface area contributed by atoms with E-state index in [0.717, 1.165) is 12.0 Å². The molecule has 0 saturated carbocycles. The zero-order chi connectivity index (χ0) is 18.9. The van der Waals surface area contributed by atoms with Crippen LogP contribution >= 0.6 is 0 Å². The van der Waals surface area contributed by atoms with E-state index in [0.29, 0.717) is 12.8 Å². The summed E-state index contributed by atoms with van der Waals surface area (Å²) >= 11 is 0. The molecule has 0 radical (unpaired) electrons. The molecular formula is C19H20N2O5. The van der Waals surface area contributed by atoms with Gasteiger partial charge >= 0.3 is 5.97 Å². The molecule has 136 valence electrons. The number of non-ortho nitro benzene ring substituents is 1. The standard InChI is InChI=1S/C19H20N2O5/c1-26-19(23)17(12-5-9-14-7-3-2-4-8-14)20-18(22)15-10-6-11-16(13-15)21(24)25/h2-4,6-8,10-11,13,17H,5,9,12H2,1H3,(H,20,22)/t17-/m0/s1. The number of hydrogen-bond acceptors (Lipinski definition) is 5. The Kier molecular flexibility index (Phi) is 6.84. The molecule has 0 fully saturated rings. The highest BCUT2D eigenvalue weighted by atomic mass is 16.6. The number of amides is 1. The second-order valence-corrected chi connectivity index (χ2v) is 5.73. The van der Waals surface area contributed by atoms with E-state index in [1.54, 1.807) is 0 Å². The van der Waals surface area contributed by atoms with Crippen molar-refractivity contribution in [3.63, 3.8) is 0 Å². The SMILES string of the molecule is COC(=O)[C@H](CCCc1ccccc1)NC(=O)c1cccc([N+](=O)[O-])c1. The minimum atomic E-state index is -0.810. The fourth-order valence-electron chi connectivity index (χ4n) is 2.55. The van der Waals surface area contributed by atoms with E-state index in [4.69, 9.17) is 4.74 Å². The number of nitrogens with one attached hydrogen (secondary N) is 1. The number of nitrogens with zero attached hydrogens (tertiary/aromatic N) is 1. The fraction of sp³-hybridized carbons (Fsp3) is 0.263. The summed E-state index contributed by atoms with van der Waals surface area (Å²) < 4.78 is 4.75. The molecule has 0 aliphatic heterocycles. The predicted octanol–water partition coefficient (Wildman–Crippen LogP) is 2.89. The number of aryl methyl sites for hydroxylation is 1. The maximum absolute atomic E-state index is 12.3. The van der Waals surface area contributed by atoms with Gasteiger partial charge in [0.05, 0.1) is 12.0 Å². The van der Waals surface area contributed by atoms with E-state index in [1.165, 1.54) is 31.4 Å². The Hall–Kier alpha value is -3.22. The maximum Gasteiger partial charge on any atom is 0.328 e. The topological polar surface area (TPSA) is 98.5 Å². The number of rotatable bonds is 8. The summed E-state index contributed by atoms with van der Waals surface area (Å²) in [6, 6.07) is 14.4. The first-order valence-electron chi connectivity index (χ1n) is 8.18. The Labute approximate surface area is 151 Å². The van der Waals surface area contributed by atoms with Crippen molar-refractivity contribution in [2.45, 2.75) is 25.3 Å². The Morgan fingerprint density at radius 1 is 1.15 bits per heavy atom. The summed E-state index contributed by atoms with van der Waals surface area (Å²) in [7, 11) is 1.26. The lowest BCUT2D eigenvalue weighted by molar-refractivity contribution is -0.384. The summed E-state index contributed by atoms with van der Waals surface area (Å²) in [5.41, 5.74) is 1.08. The van der Waals surface area contributed by atoms with Gasteiger partial charge in [0.1, 0.15) is 6.04 Å². The second-order valence-electron chi connectivity index (χ2n) is 5.73. The van der Waals surface area contributed by atoms with E-state index in [1.807, 2.05) is 30.3 Å². The molecule has 7 heteroatoms. The smallest absolute Gasteiger partial charge is 0.328 e. The van der Waals surface area contributed by atoms with Crippen molar-refractivity contribution >= 4 is 17.6 Å². The molecule has 1 N–H and O–H groups in total. The summed E-state index contributed by atoms with van der Waals surface area (Å²) in [6.07, 6.45) is 1.85. The summed E-state index contributed by atoms with van der Waals surface area (Å²) in [5, 5.41) is 13.4. The van der Waals surface area contributed by atoms with Crippen LogP contribution in [-0.2, 0) is 16.0 Å². The lowest BCUT2D eigenvalue weighted by atomic mass is 10.0. The van der Waals surface area contributed by atoms with Crippen molar-refractivity contribution in [2.24, 2.45) is 0 Å². The Morgan fingerprint density at radius 3 is 2.54 bits per heavy atom. The Balaban J connectivity index is 2.00. The molecule has 7 nitrogen and oxygen atoms in total. The van der Waals surface area contributed by atoms with Crippen LogP contribution in [0.2, 0.25) is 0 Å². The van der Waals surface area contributed by atoms with Gasteiger partial charge in [0.15, 0.2) is 0 Å². The van der Waals surface area contributed by atoms with Crippen molar-refractivity contribution in [3.8, 4) is 0 Å². The largest absolute Gasteiger partial charge is 0.467 e. The highest BCUT2D eigenvalue weighted by Crippen LogP contribution is 2.14. The zero-order valence-corrected chi connectivity index (χ0v) is 14.4. The predicted molar refractivity (Wildman–Crippen MR) is 95.7 cm³/mol. The lowest BCUT2D eigenvalue weighted by Crippen LogP contribution is -2.41. The Morgan fingerprint density at radius 2 is 1.88 bits per heavy atom. The number of carbonyl (C=O) groups excluding carboxylic acids is 2. The van der Waals surface area contributed by atoms with E-state index in [2.05, 4.69) is 5.32 Å². The van der Waals surface area contributed by atoms with Crippen LogP contribution in [-0.4, -0.2) is 30.0 Å². The normalized spacial score (nSPS) is 11.4. The van der Waals surface area contributed by atoms with Crippen LogP contribution in [0, 0.1) is 10.1 Å². The van der Waals surface area contributed by atoms with E-state index >= 15 is 0 Å². The van der Waals surface area contributed by atoms with Crippen LogP contribution in [0.1, 0.15) is 28.8 Å². The Bertz CT molecular complexity index is 777. The summed E-state index contributed by atoms with van der Waals surface area (Å²) in [5.74, 6) is -1.10. The quantitative estimate of drug-likeness (QED) is 0.445. The molecule has 1 amide bonds. The average Bonchev–Trinajstić information content (AvgIpc) is 2.67. The van der Waals surface area contributed by atoms with Crippen LogP contribution in [0.3, 0.4) is 0 Å². The van der Waals surface area contributed by atoms with Crippen LogP contribution < -0.4 is 5.32 Å². The zero-order valence-electron chi connectivity index (χ0n) is 14.4. The van der Waals surface area contributed by atoms with Gasteiger partial charge in [-0.15, -0.1) is 0 Å². The van der Waals surface area contributed by atoms with Gasteiger partial charge < -0.3 is 10.1 Å². The summed E-state index contributed by atoms with van der Waals surface area (Å²) in [6.45, 7) is 0. The molecule has 0 aromatic heterocycles. The maximum atomic E-state index is 12.3. The molecule has 0 aliphatic rings. The van der Waals surface area contributed by atoms with E-state index in [9.17, 15) is 19.7 Å². The first kappa shape index (κ1) is 19.1. The van der Waals surface area contributed by atoms with Crippen LogP contribution in [0.5, 0.6) is 0 Å². The molecule has 0 spiro atoms. The number of nitro groups is 1. The monoisotopic (exact) mass is 356 g/mol. The van der Waals surface area contributed by atoms with E-state index in [-0.39, 0.29) is 11.3 Å². The molecule has 1 atom stereocenters. The minimum absolute atomic E-state index is 0.121. The second kappa shape index (κ2) is 9.31. The first-order chi connectivity index (χ1) is 12.5. The van der Waals surface area contributed by atoms with E-state index < -0.39 is 22.8 Å². The molecule has 0 heterocycles. The lowest BCUT2D eigenvalue weighted by Gasteiger charge is -2.16. The van der Waals surface area contributed by atoms with Crippen molar-refractivity contribution in [2.75, 3.05) is 7.11 Å².